The van der Waals surface area contributed by atoms with E-state index in [4.69, 9.17) is 11.2 Å². The summed E-state index contributed by atoms with van der Waals surface area (Å²) in [5.74, 6) is 3.45. The molecule has 1 unspecified atom stereocenters. The van der Waals surface area contributed by atoms with E-state index in [0.29, 0.717) is 6.54 Å². The average molecular weight is 245 g/mol. The Hall–Kier alpha value is -1.46. The summed E-state index contributed by atoms with van der Waals surface area (Å²) < 4.78 is 5.80. The highest BCUT2D eigenvalue weighted by molar-refractivity contribution is 5.31. The van der Waals surface area contributed by atoms with Gasteiger partial charge in [-0.15, -0.1) is 6.42 Å². The van der Waals surface area contributed by atoms with Crippen LogP contribution in [0.25, 0.3) is 0 Å². The Morgan fingerprint density at radius 3 is 2.39 bits per heavy atom. The molecule has 1 aromatic rings. The summed E-state index contributed by atoms with van der Waals surface area (Å²) in [6, 6.07) is 8.30. The van der Waals surface area contributed by atoms with Crippen molar-refractivity contribution >= 4 is 0 Å². The number of rotatable bonds is 5. The third kappa shape index (κ3) is 4.81. The van der Waals surface area contributed by atoms with Gasteiger partial charge in [-0.3, -0.25) is 0 Å². The molecule has 2 nitrogen and oxygen atoms in total. The Morgan fingerprint density at radius 1 is 1.28 bits per heavy atom. The molecule has 0 aliphatic rings. The second-order valence-corrected chi connectivity index (χ2v) is 5.54. The molecule has 2 heteroatoms. The molecule has 1 atom stereocenters. The van der Waals surface area contributed by atoms with Crippen LogP contribution in [0.3, 0.4) is 0 Å². The molecule has 0 saturated carbocycles. The second-order valence-electron chi connectivity index (χ2n) is 5.54. The van der Waals surface area contributed by atoms with E-state index in [9.17, 15) is 0 Å². The number of benzene rings is 1. The fourth-order valence-electron chi connectivity index (χ4n) is 1.66. The van der Waals surface area contributed by atoms with Crippen LogP contribution in [-0.4, -0.2) is 19.2 Å². The summed E-state index contributed by atoms with van der Waals surface area (Å²) in [7, 11) is 0. The van der Waals surface area contributed by atoms with Gasteiger partial charge in [0.2, 0.25) is 0 Å². The van der Waals surface area contributed by atoms with Crippen molar-refractivity contribution in [1.82, 2.24) is 5.32 Å². The van der Waals surface area contributed by atoms with E-state index in [2.05, 4.69) is 44.1 Å². The maximum absolute atomic E-state index is 5.80. The molecule has 0 saturated heterocycles. The van der Waals surface area contributed by atoms with Gasteiger partial charge in [0, 0.05) is 6.54 Å². The van der Waals surface area contributed by atoms with Crippen LogP contribution >= 0.6 is 0 Å². The summed E-state index contributed by atoms with van der Waals surface area (Å²) >= 11 is 0. The van der Waals surface area contributed by atoms with Crippen LogP contribution in [0.1, 0.15) is 33.3 Å². The van der Waals surface area contributed by atoms with Crippen molar-refractivity contribution in [2.24, 2.45) is 0 Å². The van der Waals surface area contributed by atoms with Crippen molar-refractivity contribution in [3.8, 4) is 18.1 Å². The molecule has 0 amide bonds. The van der Waals surface area contributed by atoms with Crippen LogP contribution in [0.5, 0.6) is 5.75 Å². The normalized spacial score (nSPS) is 12.8. The first-order valence-electron chi connectivity index (χ1n) is 6.35. The third-order valence-electron chi connectivity index (χ3n) is 2.72. The van der Waals surface area contributed by atoms with E-state index in [0.717, 1.165) is 12.3 Å². The fraction of sp³-hybridized carbons (Fsp3) is 0.500. The molecule has 0 bridgehead atoms. The molecule has 0 radical (unpaired) electrons. The maximum Gasteiger partial charge on any atom is 0.119 e. The molecule has 98 valence electrons. The minimum Gasteiger partial charge on any atom is -0.489 e. The summed E-state index contributed by atoms with van der Waals surface area (Å²) in [5.41, 5.74) is 1.49. The highest BCUT2D eigenvalue weighted by Crippen LogP contribution is 2.24. The van der Waals surface area contributed by atoms with Crippen molar-refractivity contribution in [1.29, 1.82) is 0 Å². The lowest BCUT2D eigenvalue weighted by atomic mass is 9.87. The highest BCUT2D eigenvalue weighted by Gasteiger charge is 2.13. The predicted octanol–water partition coefficient (Wildman–Crippen LogP) is 2.97. The Bertz CT molecular complexity index is 395. The largest absolute Gasteiger partial charge is 0.489 e. The number of hydrogen-bond donors (Lipinski definition) is 1. The number of ether oxygens (including phenoxy) is 1. The SMILES string of the molecule is C#CCNCC(C)Oc1ccc(C(C)(C)C)cc1. The van der Waals surface area contributed by atoms with Crippen LogP contribution < -0.4 is 10.1 Å². The lowest BCUT2D eigenvalue weighted by molar-refractivity contribution is 0.219. The van der Waals surface area contributed by atoms with Gasteiger partial charge >= 0.3 is 0 Å². The molecular weight excluding hydrogens is 222 g/mol. The van der Waals surface area contributed by atoms with Gasteiger partial charge in [0.15, 0.2) is 0 Å². The zero-order valence-corrected chi connectivity index (χ0v) is 11.8. The van der Waals surface area contributed by atoms with E-state index in [-0.39, 0.29) is 11.5 Å². The monoisotopic (exact) mass is 245 g/mol. The van der Waals surface area contributed by atoms with Gasteiger partial charge < -0.3 is 10.1 Å². The minimum absolute atomic E-state index is 0.110. The Kier molecular flexibility index (Phi) is 5.25. The van der Waals surface area contributed by atoms with Crippen molar-refractivity contribution in [2.45, 2.75) is 39.2 Å². The minimum atomic E-state index is 0.110. The summed E-state index contributed by atoms with van der Waals surface area (Å²) in [4.78, 5) is 0. The standard InChI is InChI=1S/C16H23NO/c1-6-11-17-12-13(2)18-15-9-7-14(8-10-15)16(3,4)5/h1,7-10,13,17H,11-12H2,2-5H3. The van der Waals surface area contributed by atoms with E-state index < -0.39 is 0 Å². The molecule has 0 heterocycles. The van der Waals surface area contributed by atoms with Gasteiger partial charge in [-0.2, -0.15) is 0 Å². The van der Waals surface area contributed by atoms with Crippen molar-refractivity contribution < 1.29 is 4.74 Å². The van der Waals surface area contributed by atoms with Gasteiger partial charge in [-0.1, -0.05) is 38.8 Å². The van der Waals surface area contributed by atoms with E-state index in [1.807, 2.05) is 19.1 Å². The summed E-state index contributed by atoms with van der Waals surface area (Å²) in [6.07, 6.45) is 5.28. The van der Waals surface area contributed by atoms with Gasteiger partial charge in [0.05, 0.1) is 6.54 Å². The first-order chi connectivity index (χ1) is 8.43. The van der Waals surface area contributed by atoms with Crippen LogP contribution in [0.4, 0.5) is 0 Å². The van der Waals surface area contributed by atoms with Crippen molar-refractivity contribution in [3.05, 3.63) is 29.8 Å². The van der Waals surface area contributed by atoms with Gasteiger partial charge in [0.1, 0.15) is 11.9 Å². The quantitative estimate of drug-likeness (QED) is 0.636. The topological polar surface area (TPSA) is 21.3 Å². The number of terminal acetylenes is 1. The van der Waals surface area contributed by atoms with E-state index in [1.54, 1.807) is 0 Å². The smallest absolute Gasteiger partial charge is 0.119 e. The molecule has 0 aromatic heterocycles. The molecule has 0 aliphatic heterocycles. The molecule has 0 fully saturated rings. The van der Waals surface area contributed by atoms with E-state index >= 15 is 0 Å². The number of hydrogen-bond acceptors (Lipinski definition) is 2. The fourth-order valence-corrected chi connectivity index (χ4v) is 1.66. The zero-order chi connectivity index (χ0) is 13.6. The second kappa shape index (κ2) is 6.47. The average Bonchev–Trinajstić information content (AvgIpc) is 2.29. The lowest BCUT2D eigenvalue weighted by Gasteiger charge is -2.20. The molecule has 0 spiro atoms. The summed E-state index contributed by atoms with van der Waals surface area (Å²) in [6.45, 7) is 9.97. The first-order valence-corrected chi connectivity index (χ1v) is 6.35. The first kappa shape index (κ1) is 14.6. The van der Waals surface area contributed by atoms with Gasteiger partial charge in [0.25, 0.3) is 0 Å². The van der Waals surface area contributed by atoms with Crippen molar-refractivity contribution in [2.75, 3.05) is 13.1 Å². The molecule has 1 N–H and O–H groups in total. The van der Waals surface area contributed by atoms with Gasteiger partial charge in [-0.25, -0.2) is 0 Å². The maximum atomic E-state index is 5.80. The molecule has 0 aliphatic carbocycles. The zero-order valence-electron chi connectivity index (χ0n) is 11.8. The highest BCUT2D eigenvalue weighted by atomic mass is 16.5. The van der Waals surface area contributed by atoms with Crippen LogP contribution in [0.2, 0.25) is 0 Å². The number of nitrogens with one attached hydrogen (secondary N) is 1. The molecule has 1 rings (SSSR count). The lowest BCUT2D eigenvalue weighted by Crippen LogP contribution is -2.29. The van der Waals surface area contributed by atoms with E-state index in [1.165, 1.54) is 5.56 Å². The molecule has 1 aromatic carbocycles. The predicted molar refractivity (Wildman–Crippen MR) is 76.9 cm³/mol. The Balaban J connectivity index is 2.51. The Morgan fingerprint density at radius 2 is 1.89 bits per heavy atom. The van der Waals surface area contributed by atoms with Gasteiger partial charge in [-0.05, 0) is 30.0 Å². The summed E-state index contributed by atoms with van der Waals surface area (Å²) in [5, 5.41) is 3.13. The van der Waals surface area contributed by atoms with Crippen LogP contribution in [-0.2, 0) is 5.41 Å². The van der Waals surface area contributed by atoms with Crippen LogP contribution in [0, 0.1) is 12.3 Å². The Labute approximate surface area is 111 Å². The van der Waals surface area contributed by atoms with Crippen molar-refractivity contribution in [3.63, 3.8) is 0 Å². The molecule has 18 heavy (non-hydrogen) atoms. The molecular formula is C16H23NO. The third-order valence-corrected chi connectivity index (χ3v) is 2.72. The van der Waals surface area contributed by atoms with Crippen LogP contribution in [0.15, 0.2) is 24.3 Å².